The molecule has 0 bridgehead atoms. The molecule has 0 aliphatic carbocycles. The average molecular weight is 214 g/mol. The summed E-state index contributed by atoms with van der Waals surface area (Å²) in [5.74, 6) is 0. The van der Waals surface area contributed by atoms with Crippen LogP contribution in [-0.4, -0.2) is 38.4 Å². The van der Waals surface area contributed by atoms with E-state index in [1.54, 1.807) is 0 Å². The molecule has 3 nitrogen and oxygen atoms in total. The molecule has 0 rings (SSSR count). The lowest BCUT2D eigenvalue weighted by atomic mass is 10.1. The van der Waals surface area contributed by atoms with Crippen molar-refractivity contribution in [2.75, 3.05) is 32.8 Å². The van der Waals surface area contributed by atoms with Crippen molar-refractivity contribution in [1.82, 2.24) is 10.6 Å². The highest BCUT2D eigenvalue weighted by Gasteiger charge is 2.06. The van der Waals surface area contributed by atoms with E-state index in [2.05, 4.69) is 38.0 Å². The van der Waals surface area contributed by atoms with Crippen LogP contribution in [0.25, 0.3) is 0 Å². The SMILES string of the molecule is C=CCCOCCNCCNC(C)(C)C. The highest BCUT2D eigenvalue weighted by Crippen LogP contribution is 1.96. The molecule has 0 aromatic carbocycles. The van der Waals surface area contributed by atoms with E-state index >= 15 is 0 Å². The van der Waals surface area contributed by atoms with Crippen LogP contribution in [0.15, 0.2) is 12.7 Å². The Kier molecular flexibility index (Phi) is 8.67. The normalized spacial score (nSPS) is 11.7. The largest absolute Gasteiger partial charge is 0.380 e. The van der Waals surface area contributed by atoms with Crippen molar-refractivity contribution in [2.45, 2.75) is 32.7 Å². The summed E-state index contributed by atoms with van der Waals surface area (Å²) in [6.07, 6.45) is 2.81. The molecule has 2 N–H and O–H groups in total. The number of hydrogen-bond donors (Lipinski definition) is 2. The molecular formula is C12H26N2O. The molecule has 0 atom stereocenters. The Morgan fingerprint density at radius 1 is 1.13 bits per heavy atom. The van der Waals surface area contributed by atoms with Crippen molar-refractivity contribution in [3.8, 4) is 0 Å². The van der Waals surface area contributed by atoms with Crippen molar-refractivity contribution < 1.29 is 4.74 Å². The molecular weight excluding hydrogens is 188 g/mol. The molecule has 15 heavy (non-hydrogen) atoms. The molecule has 0 amide bonds. The first-order valence-corrected chi connectivity index (χ1v) is 5.70. The number of rotatable bonds is 9. The van der Waals surface area contributed by atoms with Crippen LogP contribution < -0.4 is 10.6 Å². The van der Waals surface area contributed by atoms with Crippen LogP contribution >= 0.6 is 0 Å². The standard InChI is InChI=1S/C12H26N2O/c1-5-6-10-15-11-9-13-7-8-14-12(2,3)4/h5,13-14H,1,6-11H2,2-4H3. The molecule has 0 heterocycles. The van der Waals surface area contributed by atoms with Crippen molar-refractivity contribution >= 4 is 0 Å². The molecule has 0 unspecified atom stereocenters. The van der Waals surface area contributed by atoms with Gasteiger partial charge in [-0.2, -0.15) is 0 Å². The van der Waals surface area contributed by atoms with Gasteiger partial charge in [0.15, 0.2) is 0 Å². The lowest BCUT2D eigenvalue weighted by Gasteiger charge is -2.20. The molecule has 0 aromatic heterocycles. The fraction of sp³-hybridized carbons (Fsp3) is 0.833. The predicted octanol–water partition coefficient (Wildman–Crippen LogP) is 1.56. The van der Waals surface area contributed by atoms with Crippen LogP contribution in [0, 0.1) is 0 Å². The van der Waals surface area contributed by atoms with Gasteiger partial charge in [0.05, 0.1) is 13.2 Å². The van der Waals surface area contributed by atoms with Crippen LogP contribution in [-0.2, 0) is 4.74 Å². The Morgan fingerprint density at radius 3 is 2.47 bits per heavy atom. The molecule has 0 saturated heterocycles. The van der Waals surface area contributed by atoms with Crippen molar-refractivity contribution in [2.24, 2.45) is 0 Å². The average Bonchev–Trinajstić information content (AvgIpc) is 2.14. The van der Waals surface area contributed by atoms with E-state index < -0.39 is 0 Å². The van der Waals surface area contributed by atoms with Gasteiger partial charge in [0.25, 0.3) is 0 Å². The van der Waals surface area contributed by atoms with Gasteiger partial charge in [-0.25, -0.2) is 0 Å². The van der Waals surface area contributed by atoms with Gasteiger partial charge in [0, 0.05) is 25.2 Å². The first-order valence-electron chi connectivity index (χ1n) is 5.70. The second-order valence-electron chi connectivity index (χ2n) is 4.62. The second kappa shape index (κ2) is 8.89. The van der Waals surface area contributed by atoms with Crippen molar-refractivity contribution in [3.05, 3.63) is 12.7 Å². The van der Waals surface area contributed by atoms with E-state index in [4.69, 9.17) is 4.74 Å². The molecule has 0 radical (unpaired) electrons. The van der Waals surface area contributed by atoms with E-state index in [0.717, 1.165) is 39.3 Å². The third kappa shape index (κ3) is 13.6. The van der Waals surface area contributed by atoms with Crippen molar-refractivity contribution in [1.29, 1.82) is 0 Å². The number of ether oxygens (including phenoxy) is 1. The molecule has 3 heteroatoms. The molecule has 0 aromatic rings. The Hall–Kier alpha value is -0.380. The smallest absolute Gasteiger partial charge is 0.0591 e. The highest BCUT2D eigenvalue weighted by molar-refractivity contribution is 4.70. The molecule has 0 spiro atoms. The van der Waals surface area contributed by atoms with Crippen LogP contribution in [0.1, 0.15) is 27.2 Å². The van der Waals surface area contributed by atoms with Gasteiger partial charge in [-0.3, -0.25) is 0 Å². The van der Waals surface area contributed by atoms with E-state index in [-0.39, 0.29) is 5.54 Å². The third-order valence-electron chi connectivity index (χ3n) is 1.85. The zero-order valence-electron chi connectivity index (χ0n) is 10.4. The molecule has 0 fully saturated rings. The number of nitrogens with one attached hydrogen (secondary N) is 2. The van der Waals surface area contributed by atoms with Gasteiger partial charge in [-0.15, -0.1) is 6.58 Å². The van der Waals surface area contributed by atoms with Gasteiger partial charge >= 0.3 is 0 Å². The summed E-state index contributed by atoms with van der Waals surface area (Å²) in [6.45, 7) is 14.6. The zero-order valence-corrected chi connectivity index (χ0v) is 10.4. The highest BCUT2D eigenvalue weighted by atomic mass is 16.5. The van der Waals surface area contributed by atoms with Crippen LogP contribution in [0.3, 0.4) is 0 Å². The maximum atomic E-state index is 5.37. The molecule has 0 aliphatic rings. The Labute approximate surface area is 94.3 Å². The monoisotopic (exact) mass is 214 g/mol. The first-order chi connectivity index (χ1) is 7.06. The van der Waals surface area contributed by atoms with Crippen LogP contribution in [0.2, 0.25) is 0 Å². The summed E-state index contributed by atoms with van der Waals surface area (Å²) < 4.78 is 5.37. The second-order valence-corrected chi connectivity index (χ2v) is 4.62. The summed E-state index contributed by atoms with van der Waals surface area (Å²) in [5.41, 5.74) is 0.210. The summed E-state index contributed by atoms with van der Waals surface area (Å²) in [5, 5.41) is 6.74. The zero-order chi connectivity index (χ0) is 11.6. The maximum Gasteiger partial charge on any atom is 0.0591 e. The van der Waals surface area contributed by atoms with E-state index in [9.17, 15) is 0 Å². The quantitative estimate of drug-likeness (QED) is 0.451. The minimum atomic E-state index is 0.210. The Balaban J connectivity index is 3.02. The third-order valence-corrected chi connectivity index (χ3v) is 1.85. The first kappa shape index (κ1) is 14.6. The minimum Gasteiger partial charge on any atom is -0.380 e. The fourth-order valence-electron chi connectivity index (χ4n) is 1.06. The fourth-order valence-corrected chi connectivity index (χ4v) is 1.06. The van der Waals surface area contributed by atoms with Gasteiger partial charge in [-0.05, 0) is 27.2 Å². The Morgan fingerprint density at radius 2 is 1.87 bits per heavy atom. The van der Waals surface area contributed by atoms with Crippen LogP contribution in [0.5, 0.6) is 0 Å². The summed E-state index contributed by atoms with van der Waals surface area (Å²) >= 11 is 0. The van der Waals surface area contributed by atoms with E-state index in [1.807, 2.05) is 6.08 Å². The maximum absolute atomic E-state index is 5.37. The Bertz CT molecular complexity index is 152. The molecule has 0 aliphatic heterocycles. The van der Waals surface area contributed by atoms with E-state index in [1.165, 1.54) is 0 Å². The van der Waals surface area contributed by atoms with Crippen LogP contribution in [0.4, 0.5) is 0 Å². The lowest BCUT2D eigenvalue weighted by Crippen LogP contribution is -2.40. The predicted molar refractivity (Wildman–Crippen MR) is 66.3 cm³/mol. The summed E-state index contributed by atoms with van der Waals surface area (Å²) in [4.78, 5) is 0. The molecule has 90 valence electrons. The van der Waals surface area contributed by atoms with E-state index in [0.29, 0.717) is 0 Å². The summed E-state index contributed by atoms with van der Waals surface area (Å²) in [6, 6.07) is 0. The topological polar surface area (TPSA) is 33.3 Å². The number of hydrogen-bond acceptors (Lipinski definition) is 3. The minimum absolute atomic E-state index is 0.210. The van der Waals surface area contributed by atoms with Gasteiger partial charge < -0.3 is 15.4 Å². The van der Waals surface area contributed by atoms with Gasteiger partial charge in [0.2, 0.25) is 0 Å². The lowest BCUT2D eigenvalue weighted by molar-refractivity contribution is 0.140. The van der Waals surface area contributed by atoms with Gasteiger partial charge in [-0.1, -0.05) is 6.08 Å². The molecule has 0 saturated carbocycles. The van der Waals surface area contributed by atoms with Gasteiger partial charge in [0.1, 0.15) is 0 Å². The summed E-state index contributed by atoms with van der Waals surface area (Å²) in [7, 11) is 0. The van der Waals surface area contributed by atoms with Crippen molar-refractivity contribution in [3.63, 3.8) is 0 Å².